The first-order chi connectivity index (χ1) is 7.63. The van der Waals surface area contributed by atoms with E-state index in [4.69, 9.17) is 14.2 Å². The molecule has 0 saturated heterocycles. The van der Waals surface area contributed by atoms with E-state index in [1.54, 1.807) is 19.3 Å². The van der Waals surface area contributed by atoms with Gasteiger partial charge in [-0.15, -0.1) is 0 Å². The van der Waals surface area contributed by atoms with E-state index < -0.39 is 11.6 Å². The van der Waals surface area contributed by atoms with Crippen molar-refractivity contribution in [2.45, 2.75) is 5.60 Å². The molecule has 0 aromatic carbocycles. The van der Waals surface area contributed by atoms with Crippen LogP contribution in [0.25, 0.3) is 0 Å². The molecule has 0 amide bonds. The Labute approximate surface area is 103 Å². The quantitative estimate of drug-likeness (QED) is 0.449. The van der Waals surface area contributed by atoms with Crippen LogP contribution in [0.5, 0.6) is 0 Å². The van der Waals surface area contributed by atoms with Crippen LogP contribution in [0.2, 0.25) is 0 Å². The third-order valence-electron chi connectivity index (χ3n) is 2.54. The van der Waals surface area contributed by atoms with Crippen molar-refractivity contribution in [3.63, 3.8) is 0 Å². The number of hydrogen-bond acceptors (Lipinski definition) is 4. The summed E-state index contributed by atoms with van der Waals surface area (Å²) < 4.78 is 15.2. The molecule has 0 bridgehead atoms. The maximum absolute atomic E-state index is 11.7. The first-order valence-electron chi connectivity index (χ1n) is 4.79. The predicted octanol–water partition coefficient (Wildman–Crippen LogP) is 1.66. The van der Waals surface area contributed by atoms with Crippen LogP contribution in [-0.4, -0.2) is 38.2 Å². The monoisotopic (exact) mass is 290 g/mol. The van der Waals surface area contributed by atoms with Gasteiger partial charge in [0.15, 0.2) is 0 Å². The smallest absolute Gasteiger partial charge is 0.346 e. The number of esters is 1. The van der Waals surface area contributed by atoms with Gasteiger partial charge in [0.25, 0.3) is 0 Å². The molecule has 2 unspecified atom stereocenters. The van der Waals surface area contributed by atoms with Crippen LogP contribution >= 0.6 is 15.9 Å². The van der Waals surface area contributed by atoms with E-state index in [1.807, 2.05) is 6.08 Å². The van der Waals surface area contributed by atoms with Gasteiger partial charge in [-0.05, 0) is 6.08 Å². The molecular formula is C11H15BrO4. The molecule has 16 heavy (non-hydrogen) atoms. The van der Waals surface area contributed by atoms with Crippen LogP contribution in [0.3, 0.4) is 0 Å². The number of allylic oxidation sites excluding steroid dienone is 1. The maximum atomic E-state index is 11.7. The minimum absolute atomic E-state index is 0.109. The molecule has 1 aliphatic carbocycles. The summed E-state index contributed by atoms with van der Waals surface area (Å²) in [5, 5.41) is 0.726. The van der Waals surface area contributed by atoms with E-state index in [-0.39, 0.29) is 5.92 Å². The highest BCUT2D eigenvalue weighted by Crippen LogP contribution is 2.29. The third-order valence-corrected chi connectivity index (χ3v) is 3.24. The molecule has 2 atom stereocenters. The number of methoxy groups -OCH3 is 3. The van der Waals surface area contributed by atoms with Crippen LogP contribution in [0, 0.1) is 5.92 Å². The average molecular weight is 291 g/mol. The lowest BCUT2D eigenvalue weighted by Gasteiger charge is -2.29. The maximum Gasteiger partial charge on any atom is 0.346 e. The highest BCUT2D eigenvalue weighted by Gasteiger charge is 2.39. The molecule has 0 spiro atoms. The summed E-state index contributed by atoms with van der Waals surface area (Å²) in [5.41, 5.74) is -1.17. The highest BCUT2D eigenvalue weighted by molar-refractivity contribution is 9.09. The molecule has 0 saturated carbocycles. The van der Waals surface area contributed by atoms with E-state index >= 15 is 0 Å². The van der Waals surface area contributed by atoms with Crippen molar-refractivity contribution in [2.75, 3.05) is 26.7 Å². The summed E-state index contributed by atoms with van der Waals surface area (Å²) in [6.07, 6.45) is 5.20. The number of halogens is 1. The van der Waals surface area contributed by atoms with Crippen molar-refractivity contribution < 1.29 is 19.0 Å². The second-order valence-corrected chi connectivity index (χ2v) is 4.01. The number of alkyl halides is 1. The van der Waals surface area contributed by atoms with Crippen molar-refractivity contribution >= 4 is 21.9 Å². The molecule has 0 radical (unpaired) electrons. The van der Waals surface area contributed by atoms with E-state index in [9.17, 15) is 4.79 Å². The van der Waals surface area contributed by atoms with Gasteiger partial charge in [0, 0.05) is 24.4 Å². The summed E-state index contributed by atoms with van der Waals surface area (Å²) in [7, 11) is 4.35. The average Bonchev–Trinajstić information content (AvgIpc) is 2.36. The molecule has 1 rings (SSSR count). The summed E-state index contributed by atoms with van der Waals surface area (Å²) in [5.74, 6) is 0.332. The molecule has 90 valence electrons. The van der Waals surface area contributed by atoms with Crippen molar-refractivity contribution in [3.05, 3.63) is 24.0 Å². The lowest BCUT2D eigenvalue weighted by atomic mass is 9.91. The summed E-state index contributed by atoms with van der Waals surface area (Å²) in [6, 6.07) is 0. The summed E-state index contributed by atoms with van der Waals surface area (Å²) in [6.45, 7) is 0. The number of carbonyl (C=O) groups excluding carboxylic acids is 1. The molecule has 0 aromatic rings. The normalized spacial score (nSPS) is 28.5. The third kappa shape index (κ3) is 2.30. The van der Waals surface area contributed by atoms with Gasteiger partial charge in [0.1, 0.15) is 5.76 Å². The highest BCUT2D eigenvalue weighted by atomic mass is 79.9. The Morgan fingerprint density at radius 2 is 2.19 bits per heavy atom. The van der Waals surface area contributed by atoms with Gasteiger partial charge in [-0.3, -0.25) is 0 Å². The molecule has 5 heteroatoms. The lowest BCUT2D eigenvalue weighted by Crippen LogP contribution is -2.40. The van der Waals surface area contributed by atoms with Crippen LogP contribution in [-0.2, 0) is 19.0 Å². The molecule has 0 fully saturated rings. The largest absolute Gasteiger partial charge is 0.501 e. The fourth-order valence-corrected chi connectivity index (χ4v) is 2.09. The SMILES string of the molecule is COC(=O)C1(OC)C=CC(CBr)C(OC)=C1. The number of hydrogen-bond donors (Lipinski definition) is 0. The topological polar surface area (TPSA) is 44.8 Å². The van der Waals surface area contributed by atoms with Crippen LogP contribution < -0.4 is 0 Å². The Hall–Kier alpha value is -0.810. The van der Waals surface area contributed by atoms with Crippen LogP contribution in [0.4, 0.5) is 0 Å². The van der Waals surface area contributed by atoms with E-state index in [2.05, 4.69) is 15.9 Å². The molecule has 0 aliphatic heterocycles. The van der Waals surface area contributed by atoms with Gasteiger partial charge in [-0.25, -0.2) is 4.79 Å². The Bertz CT molecular complexity index is 324. The van der Waals surface area contributed by atoms with Gasteiger partial charge >= 0.3 is 5.97 Å². The molecule has 0 N–H and O–H groups in total. The minimum atomic E-state index is -1.17. The van der Waals surface area contributed by atoms with Gasteiger partial charge in [-0.1, -0.05) is 22.0 Å². The van der Waals surface area contributed by atoms with E-state index in [0.29, 0.717) is 5.76 Å². The van der Waals surface area contributed by atoms with Crippen molar-refractivity contribution in [2.24, 2.45) is 5.92 Å². The zero-order valence-electron chi connectivity index (χ0n) is 9.53. The molecule has 0 heterocycles. The van der Waals surface area contributed by atoms with Gasteiger partial charge in [-0.2, -0.15) is 0 Å². The number of carbonyl (C=O) groups is 1. The first kappa shape index (κ1) is 13.3. The second-order valence-electron chi connectivity index (χ2n) is 3.36. The molecule has 0 aromatic heterocycles. The fourth-order valence-electron chi connectivity index (χ4n) is 1.55. The number of rotatable bonds is 4. The fraction of sp³-hybridized carbons (Fsp3) is 0.545. The second kappa shape index (κ2) is 5.50. The van der Waals surface area contributed by atoms with E-state index in [0.717, 1.165) is 5.33 Å². The summed E-state index contributed by atoms with van der Waals surface area (Å²) >= 11 is 3.38. The zero-order chi connectivity index (χ0) is 12.2. The number of ether oxygens (including phenoxy) is 3. The standard InChI is InChI=1S/C11H15BrO4/c1-14-9-6-11(16-3,10(13)15-2)5-4-8(9)7-12/h4-6,8H,7H2,1-3H3. The van der Waals surface area contributed by atoms with Gasteiger partial charge in [0.2, 0.25) is 5.60 Å². The lowest BCUT2D eigenvalue weighted by molar-refractivity contribution is -0.156. The van der Waals surface area contributed by atoms with Crippen LogP contribution in [0.1, 0.15) is 0 Å². The van der Waals surface area contributed by atoms with Crippen molar-refractivity contribution in [3.8, 4) is 0 Å². The summed E-state index contributed by atoms with van der Waals surface area (Å²) in [4.78, 5) is 11.7. The molecule has 4 nitrogen and oxygen atoms in total. The Morgan fingerprint density at radius 3 is 2.62 bits per heavy atom. The minimum Gasteiger partial charge on any atom is -0.501 e. The van der Waals surface area contributed by atoms with Crippen molar-refractivity contribution in [1.82, 2.24) is 0 Å². The Kier molecular flexibility index (Phi) is 4.56. The van der Waals surface area contributed by atoms with Gasteiger partial charge in [0.05, 0.1) is 14.2 Å². The molecular weight excluding hydrogens is 276 g/mol. The van der Waals surface area contributed by atoms with Crippen molar-refractivity contribution in [1.29, 1.82) is 0 Å². The van der Waals surface area contributed by atoms with E-state index in [1.165, 1.54) is 14.2 Å². The zero-order valence-corrected chi connectivity index (χ0v) is 11.1. The predicted molar refractivity (Wildman–Crippen MR) is 63.3 cm³/mol. The van der Waals surface area contributed by atoms with Crippen LogP contribution in [0.15, 0.2) is 24.0 Å². The Morgan fingerprint density at radius 1 is 1.50 bits per heavy atom. The van der Waals surface area contributed by atoms with Gasteiger partial charge < -0.3 is 14.2 Å². The molecule has 1 aliphatic rings. The Balaban J connectivity index is 3.07. The first-order valence-corrected chi connectivity index (χ1v) is 5.91.